The first kappa shape index (κ1) is 7.96. The van der Waals surface area contributed by atoms with Crippen LogP contribution in [0.2, 0.25) is 0 Å². The molecular formula is C5H4N7-. The number of hydrogen-bond acceptors (Lipinski definition) is 3. The van der Waals surface area contributed by atoms with Crippen LogP contribution in [-0.4, -0.2) is 19.9 Å². The summed E-state index contributed by atoms with van der Waals surface area (Å²) in [5.74, 6) is 0. The number of aromatic amines is 1. The number of fused-ring (bicyclic) bond motifs is 1. The Hall–Kier alpha value is -2.14. The molecule has 0 aliphatic heterocycles. The van der Waals surface area contributed by atoms with Gasteiger partial charge in [-0.15, -0.1) is 0 Å². The molecule has 0 aromatic carbocycles. The van der Waals surface area contributed by atoms with Crippen molar-refractivity contribution in [1.82, 2.24) is 19.9 Å². The summed E-state index contributed by atoms with van der Waals surface area (Å²) in [6.07, 6.45) is 4.76. The summed E-state index contributed by atoms with van der Waals surface area (Å²) in [5, 5.41) is 0. The normalized spacial score (nSPS) is 8.33. The van der Waals surface area contributed by atoms with Gasteiger partial charge >= 0.3 is 0 Å². The van der Waals surface area contributed by atoms with E-state index in [1.807, 2.05) is 0 Å². The van der Waals surface area contributed by atoms with Gasteiger partial charge in [0.2, 0.25) is 0 Å². The molecule has 2 aromatic rings. The van der Waals surface area contributed by atoms with Gasteiger partial charge in [0.05, 0.1) is 12.5 Å². The predicted octanol–water partition coefficient (Wildman–Crippen LogP) is 1.22. The van der Waals surface area contributed by atoms with Crippen molar-refractivity contribution in [2.75, 3.05) is 0 Å². The standard InChI is InChI=1S/C5H4N4.N3/c1-4-5(8-2-6-1)9-3-7-4;1-3-2/h1-3H,(H,6,7,8,9);/q;-1. The fraction of sp³-hybridized carbons (Fsp3) is 0. The van der Waals surface area contributed by atoms with E-state index in [1.54, 1.807) is 12.5 Å². The Morgan fingerprint density at radius 1 is 1.33 bits per heavy atom. The van der Waals surface area contributed by atoms with Gasteiger partial charge in [0.25, 0.3) is 0 Å². The SMILES string of the molecule is [N-]=[N+]=[N-].c1ncc2[nH]cnc2n1. The average Bonchev–Trinajstić information content (AvgIpc) is 2.52. The zero-order valence-corrected chi connectivity index (χ0v) is 5.92. The number of nitrogens with one attached hydrogen (secondary N) is 1. The van der Waals surface area contributed by atoms with E-state index < -0.39 is 0 Å². The van der Waals surface area contributed by atoms with E-state index in [4.69, 9.17) is 11.1 Å². The zero-order chi connectivity index (χ0) is 8.81. The van der Waals surface area contributed by atoms with Crippen molar-refractivity contribution in [2.24, 2.45) is 0 Å². The molecule has 7 heteroatoms. The molecule has 2 rings (SSSR count). The third-order valence-corrected chi connectivity index (χ3v) is 1.10. The first-order chi connectivity index (χ1) is 5.88. The van der Waals surface area contributed by atoms with Crippen molar-refractivity contribution in [3.63, 3.8) is 0 Å². The number of rotatable bonds is 0. The molecule has 0 bridgehead atoms. The second-order valence-electron chi connectivity index (χ2n) is 1.75. The summed E-state index contributed by atoms with van der Waals surface area (Å²) in [6.45, 7) is 0. The van der Waals surface area contributed by atoms with Gasteiger partial charge in [-0.2, -0.15) is 0 Å². The average molecular weight is 162 g/mol. The van der Waals surface area contributed by atoms with Crippen LogP contribution in [0.15, 0.2) is 18.9 Å². The Morgan fingerprint density at radius 3 is 2.75 bits per heavy atom. The van der Waals surface area contributed by atoms with Gasteiger partial charge < -0.3 is 16.0 Å². The summed E-state index contributed by atoms with van der Waals surface area (Å²) in [6, 6.07) is 0. The maximum absolute atomic E-state index is 6.75. The fourth-order valence-electron chi connectivity index (χ4n) is 0.691. The topological polar surface area (TPSA) is 113 Å². The molecule has 60 valence electrons. The first-order valence-corrected chi connectivity index (χ1v) is 2.96. The van der Waals surface area contributed by atoms with Gasteiger partial charge in [-0.3, -0.25) is 4.91 Å². The summed E-state index contributed by atoms with van der Waals surface area (Å²) in [7, 11) is 0. The summed E-state index contributed by atoms with van der Waals surface area (Å²) in [5.41, 5.74) is 15.1. The van der Waals surface area contributed by atoms with Crippen LogP contribution in [0.25, 0.3) is 27.1 Å². The minimum absolute atomic E-state index is 0.713. The maximum Gasteiger partial charge on any atom is 0.180 e. The minimum Gasteiger partial charge on any atom is -0.373 e. The van der Waals surface area contributed by atoms with Gasteiger partial charge in [0.1, 0.15) is 11.8 Å². The lowest BCUT2D eigenvalue weighted by atomic mass is 10.6. The van der Waals surface area contributed by atoms with E-state index in [1.165, 1.54) is 11.2 Å². The summed E-state index contributed by atoms with van der Waals surface area (Å²) in [4.78, 5) is 16.0. The van der Waals surface area contributed by atoms with Gasteiger partial charge in [-0.05, 0) is 0 Å². The third kappa shape index (κ3) is 1.68. The number of H-pyrrole nitrogens is 1. The Kier molecular flexibility index (Phi) is 2.58. The highest BCUT2D eigenvalue weighted by Gasteiger charge is 1.91. The van der Waals surface area contributed by atoms with Crippen LogP contribution in [0.4, 0.5) is 0 Å². The first-order valence-electron chi connectivity index (χ1n) is 2.96. The molecule has 2 heterocycles. The van der Waals surface area contributed by atoms with Crippen molar-refractivity contribution >= 4 is 11.2 Å². The monoisotopic (exact) mass is 162 g/mol. The lowest BCUT2D eigenvalue weighted by Crippen LogP contribution is -1.76. The molecule has 0 aliphatic rings. The highest BCUT2D eigenvalue weighted by molar-refractivity contribution is 5.67. The molecule has 1 N–H and O–H groups in total. The van der Waals surface area contributed by atoms with Crippen LogP contribution in [0.1, 0.15) is 0 Å². The fourth-order valence-corrected chi connectivity index (χ4v) is 0.691. The molecule has 2 aromatic heterocycles. The second kappa shape index (κ2) is 3.89. The molecule has 0 spiro atoms. The predicted molar refractivity (Wildman–Crippen MR) is 41.8 cm³/mol. The van der Waals surface area contributed by atoms with Crippen LogP contribution >= 0.6 is 0 Å². The molecule has 0 fully saturated rings. The van der Waals surface area contributed by atoms with Crippen molar-refractivity contribution in [2.45, 2.75) is 0 Å². The third-order valence-electron chi connectivity index (χ3n) is 1.10. The van der Waals surface area contributed by atoms with E-state index in [-0.39, 0.29) is 0 Å². The van der Waals surface area contributed by atoms with Gasteiger partial charge in [0, 0.05) is 0 Å². The molecule has 0 saturated carbocycles. The largest absolute Gasteiger partial charge is 0.373 e. The van der Waals surface area contributed by atoms with E-state index in [0.29, 0.717) is 5.65 Å². The molecule has 7 nitrogen and oxygen atoms in total. The highest BCUT2D eigenvalue weighted by Crippen LogP contribution is 1.99. The number of aromatic nitrogens is 4. The van der Waals surface area contributed by atoms with Crippen molar-refractivity contribution < 1.29 is 0 Å². The smallest absolute Gasteiger partial charge is 0.180 e. The Labute approximate surface area is 66.9 Å². The molecule has 0 aliphatic carbocycles. The van der Waals surface area contributed by atoms with E-state index in [0.717, 1.165) is 5.52 Å². The summed E-state index contributed by atoms with van der Waals surface area (Å²) >= 11 is 0. The maximum atomic E-state index is 6.75. The number of imidazole rings is 1. The number of nitrogens with zero attached hydrogens (tertiary/aromatic N) is 6. The van der Waals surface area contributed by atoms with Crippen LogP contribution in [0.5, 0.6) is 0 Å². The van der Waals surface area contributed by atoms with E-state index >= 15 is 0 Å². The molecule has 0 radical (unpaired) electrons. The Bertz CT molecular complexity index is 355. The molecule has 12 heavy (non-hydrogen) atoms. The van der Waals surface area contributed by atoms with E-state index in [9.17, 15) is 0 Å². The molecule has 0 atom stereocenters. The molecule has 0 saturated heterocycles. The van der Waals surface area contributed by atoms with E-state index in [2.05, 4.69) is 19.9 Å². The zero-order valence-electron chi connectivity index (χ0n) is 5.92. The van der Waals surface area contributed by atoms with Gasteiger partial charge in [-0.1, -0.05) is 0 Å². The number of hydrogen-bond donors (Lipinski definition) is 1. The highest BCUT2D eigenvalue weighted by atomic mass is 15.0. The molecule has 0 amide bonds. The molecule has 0 unspecified atom stereocenters. The van der Waals surface area contributed by atoms with Crippen LogP contribution in [0, 0.1) is 0 Å². The van der Waals surface area contributed by atoms with Crippen LogP contribution < -0.4 is 0 Å². The van der Waals surface area contributed by atoms with Gasteiger partial charge in [0.15, 0.2) is 5.65 Å². The van der Waals surface area contributed by atoms with Gasteiger partial charge in [-0.25, -0.2) is 15.0 Å². The molecular weight excluding hydrogens is 158 g/mol. The quantitative estimate of drug-likeness (QED) is 0.356. The summed E-state index contributed by atoms with van der Waals surface area (Å²) < 4.78 is 0. The lowest BCUT2D eigenvalue weighted by molar-refractivity contribution is 1.20. The van der Waals surface area contributed by atoms with Crippen molar-refractivity contribution in [3.05, 3.63) is 34.8 Å². The van der Waals surface area contributed by atoms with Crippen LogP contribution in [0.3, 0.4) is 0 Å². The Morgan fingerprint density at radius 2 is 2.08 bits per heavy atom. The van der Waals surface area contributed by atoms with Crippen molar-refractivity contribution in [1.29, 1.82) is 0 Å². The minimum atomic E-state index is 0.713. The lowest BCUT2D eigenvalue weighted by Gasteiger charge is -1.80. The second-order valence-corrected chi connectivity index (χ2v) is 1.75. The van der Waals surface area contributed by atoms with Crippen molar-refractivity contribution in [3.8, 4) is 0 Å². The van der Waals surface area contributed by atoms with Crippen LogP contribution in [-0.2, 0) is 0 Å². The Balaban J connectivity index is 0.000000213.